The largest absolute Gasteiger partial charge is 0.394 e. The van der Waals surface area contributed by atoms with E-state index in [0.29, 0.717) is 28.7 Å². The maximum Gasteiger partial charge on any atom is 0.359 e. The van der Waals surface area contributed by atoms with Crippen LogP contribution in [0, 0.1) is 24.1 Å². The first-order valence-electron chi connectivity index (χ1n) is 11.7. The second kappa shape index (κ2) is 10.5. The molecule has 0 fully saturated rings. The molecule has 3 aromatic heterocycles. The molecule has 5 rings (SSSR count). The van der Waals surface area contributed by atoms with Crippen LogP contribution >= 0.6 is 11.6 Å². The standard InChI is InChI=1S/C26H20ClFN8O3/c1-15-6-19(12-30-11-15)36-25(38)32-24(35(26(36)39)13-16-2-3-21(28)17(7-16)10-29)31-23-8-18-14-34(4-5-37)33-22(18)9-20(23)27/h2-3,6-9,11-12,14,37H,4-5,13H2,1H3,(H,31,32,38). The number of aromatic nitrogens is 6. The van der Waals surface area contributed by atoms with Gasteiger partial charge in [-0.25, -0.2) is 18.5 Å². The Kier molecular flexibility index (Phi) is 6.93. The Hall–Kier alpha value is -4.86. The highest BCUT2D eigenvalue weighted by Crippen LogP contribution is 2.29. The van der Waals surface area contributed by atoms with E-state index in [4.69, 9.17) is 11.6 Å². The van der Waals surface area contributed by atoms with Crippen molar-refractivity contribution >= 4 is 34.1 Å². The van der Waals surface area contributed by atoms with Crippen molar-refractivity contribution in [1.29, 1.82) is 5.26 Å². The lowest BCUT2D eigenvalue weighted by atomic mass is 10.1. The van der Waals surface area contributed by atoms with Gasteiger partial charge in [0, 0.05) is 17.8 Å². The van der Waals surface area contributed by atoms with Crippen LogP contribution in [0.4, 0.5) is 16.0 Å². The van der Waals surface area contributed by atoms with E-state index in [-0.39, 0.29) is 35.4 Å². The number of halogens is 2. The van der Waals surface area contributed by atoms with E-state index >= 15 is 0 Å². The molecule has 0 aliphatic heterocycles. The summed E-state index contributed by atoms with van der Waals surface area (Å²) in [4.78, 5) is 35.0. The number of hydrogen-bond donors (Lipinski definition) is 2. The summed E-state index contributed by atoms with van der Waals surface area (Å²) in [5.74, 6) is -0.809. The number of rotatable bonds is 7. The van der Waals surface area contributed by atoms with Crippen molar-refractivity contribution in [2.45, 2.75) is 20.0 Å². The van der Waals surface area contributed by atoms with Gasteiger partial charge in [-0.15, -0.1) is 0 Å². The summed E-state index contributed by atoms with van der Waals surface area (Å²) >= 11 is 6.49. The topological polar surface area (TPSA) is 144 Å². The zero-order valence-corrected chi connectivity index (χ0v) is 21.2. The minimum absolute atomic E-state index is 0.0906. The summed E-state index contributed by atoms with van der Waals surface area (Å²) in [5, 5.41) is 26.7. The van der Waals surface area contributed by atoms with E-state index < -0.39 is 17.2 Å². The summed E-state index contributed by atoms with van der Waals surface area (Å²) in [6, 6.07) is 10.6. The van der Waals surface area contributed by atoms with Crippen LogP contribution in [-0.2, 0) is 13.1 Å². The maximum atomic E-state index is 13.9. The average molecular weight is 547 g/mol. The molecule has 0 radical (unpaired) electrons. The van der Waals surface area contributed by atoms with Crippen LogP contribution < -0.4 is 16.7 Å². The number of fused-ring (bicyclic) bond motifs is 1. The van der Waals surface area contributed by atoms with Crippen molar-refractivity contribution in [3.8, 4) is 11.8 Å². The first-order valence-corrected chi connectivity index (χ1v) is 12.0. The quantitative estimate of drug-likeness (QED) is 0.317. The highest BCUT2D eigenvalue weighted by atomic mass is 35.5. The molecule has 3 heterocycles. The van der Waals surface area contributed by atoms with Crippen LogP contribution in [0.25, 0.3) is 16.6 Å². The van der Waals surface area contributed by atoms with Gasteiger partial charge in [0.2, 0.25) is 5.95 Å². The third-order valence-electron chi connectivity index (χ3n) is 5.90. The Bertz CT molecular complexity index is 1890. The van der Waals surface area contributed by atoms with Gasteiger partial charge in [-0.3, -0.25) is 14.2 Å². The first kappa shape index (κ1) is 25.8. The van der Waals surface area contributed by atoms with Gasteiger partial charge in [-0.1, -0.05) is 17.7 Å². The van der Waals surface area contributed by atoms with Gasteiger partial charge in [-0.05, 0) is 48.4 Å². The summed E-state index contributed by atoms with van der Waals surface area (Å²) in [7, 11) is 0. The van der Waals surface area contributed by atoms with Gasteiger partial charge in [0.05, 0.1) is 53.4 Å². The SMILES string of the molecule is Cc1cncc(-n2c(=O)nc(Nc3cc4cn(CCO)nc4cc3Cl)n(Cc3ccc(F)c(C#N)c3)c2=O)c1. The van der Waals surface area contributed by atoms with Crippen LogP contribution in [0.3, 0.4) is 0 Å². The fourth-order valence-corrected chi connectivity index (χ4v) is 4.29. The Morgan fingerprint density at radius 2 is 2.00 bits per heavy atom. The molecule has 0 saturated carbocycles. The molecule has 11 nitrogen and oxygen atoms in total. The minimum atomic E-state index is -0.851. The lowest BCUT2D eigenvalue weighted by Gasteiger charge is -2.16. The maximum absolute atomic E-state index is 13.9. The molecule has 0 atom stereocenters. The molecule has 196 valence electrons. The molecule has 5 aromatic rings. The Labute approximate surface area is 225 Å². The fraction of sp³-hybridized carbons (Fsp3) is 0.154. The molecular formula is C26H20ClFN8O3. The third kappa shape index (κ3) is 5.13. The van der Waals surface area contributed by atoms with Gasteiger partial charge >= 0.3 is 11.4 Å². The number of benzene rings is 2. The van der Waals surface area contributed by atoms with Gasteiger partial charge in [0.25, 0.3) is 0 Å². The van der Waals surface area contributed by atoms with Gasteiger partial charge < -0.3 is 10.4 Å². The fourth-order valence-electron chi connectivity index (χ4n) is 4.08. The molecule has 0 unspecified atom stereocenters. The molecule has 0 spiro atoms. The van der Waals surface area contributed by atoms with E-state index in [1.165, 1.54) is 22.9 Å². The second-order valence-electron chi connectivity index (χ2n) is 8.70. The predicted octanol–water partition coefficient (Wildman–Crippen LogP) is 2.90. The van der Waals surface area contributed by atoms with Crippen LogP contribution in [-0.4, -0.2) is 40.6 Å². The molecule has 0 amide bonds. The number of nitriles is 1. The van der Waals surface area contributed by atoms with Gasteiger partial charge in [0.1, 0.15) is 11.9 Å². The zero-order chi connectivity index (χ0) is 27.7. The summed E-state index contributed by atoms with van der Waals surface area (Å²) in [6.45, 7) is 1.83. The number of hydrogen-bond acceptors (Lipinski definition) is 8. The molecule has 39 heavy (non-hydrogen) atoms. The van der Waals surface area contributed by atoms with Crippen molar-refractivity contribution in [2.24, 2.45) is 0 Å². The smallest absolute Gasteiger partial charge is 0.359 e. The number of nitrogens with zero attached hydrogens (tertiary/aromatic N) is 7. The van der Waals surface area contributed by atoms with Crippen molar-refractivity contribution < 1.29 is 9.50 Å². The van der Waals surface area contributed by atoms with E-state index in [2.05, 4.69) is 20.4 Å². The van der Waals surface area contributed by atoms with Crippen molar-refractivity contribution in [2.75, 3.05) is 11.9 Å². The minimum Gasteiger partial charge on any atom is -0.394 e. The number of aliphatic hydroxyl groups is 1. The van der Waals surface area contributed by atoms with E-state index in [0.717, 1.165) is 16.2 Å². The van der Waals surface area contributed by atoms with Crippen LogP contribution in [0.5, 0.6) is 0 Å². The molecule has 2 aromatic carbocycles. The van der Waals surface area contributed by atoms with Crippen molar-refractivity contribution in [3.05, 3.63) is 103 Å². The second-order valence-corrected chi connectivity index (χ2v) is 9.11. The summed E-state index contributed by atoms with van der Waals surface area (Å²) in [5.41, 5.74) is 0.544. The third-order valence-corrected chi connectivity index (χ3v) is 6.21. The Morgan fingerprint density at radius 3 is 2.74 bits per heavy atom. The predicted molar refractivity (Wildman–Crippen MR) is 142 cm³/mol. The molecule has 2 N–H and O–H groups in total. The zero-order valence-electron chi connectivity index (χ0n) is 20.5. The van der Waals surface area contributed by atoms with Gasteiger partial charge in [0.15, 0.2) is 0 Å². The molecular weight excluding hydrogens is 527 g/mol. The monoisotopic (exact) mass is 546 g/mol. The lowest BCUT2D eigenvalue weighted by molar-refractivity contribution is 0.270. The molecule has 0 bridgehead atoms. The number of aryl methyl sites for hydroxylation is 1. The van der Waals surface area contributed by atoms with Crippen LogP contribution in [0.2, 0.25) is 5.02 Å². The summed E-state index contributed by atoms with van der Waals surface area (Å²) in [6.07, 6.45) is 4.67. The number of anilines is 2. The van der Waals surface area contributed by atoms with Crippen LogP contribution in [0.15, 0.2) is 64.6 Å². The van der Waals surface area contributed by atoms with E-state index in [1.54, 1.807) is 48.3 Å². The molecule has 0 saturated heterocycles. The number of pyridine rings is 1. The Balaban J connectivity index is 1.66. The van der Waals surface area contributed by atoms with Gasteiger partial charge in [-0.2, -0.15) is 15.3 Å². The molecule has 0 aliphatic carbocycles. The van der Waals surface area contributed by atoms with Crippen molar-refractivity contribution in [1.82, 2.24) is 28.9 Å². The number of aliphatic hydroxyl groups excluding tert-OH is 1. The highest BCUT2D eigenvalue weighted by molar-refractivity contribution is 6.34. The average Bonchev–Trinajstić information content (AvgIpc) is 3.28. The summed E-state index contributed by atoms with van der Waals surface area (Å²) < 4.78 is 17.6. The Morgan fingerprint density at radius 1 is 1.18 bits per heavy atom. The molecule has 13 heteroatoms. The van der Waals surface area contributed by atoms with Crippen molar-refractivity contribution in [3.63, 3.8) is 0 Å². The molecule has 0 aliphatic rings. The van der Waals surface area contributed by atoms with Crippen LogP contribution in [0.1, 0.15) is 16.7 Å². The lowest BCUT2D eigenvalue weighted by Crippen LogP contribution is -2.41. The highest BCUT2D eigenvalue weighted by Gasteiger charge is 2.18. The van der Waals surface area contributed by atoms with E-state index in [9.17, 15) is 24.3 Å². The first-order chi connectivity index (χ1) is 18.8. The normalized spacial score (nSPS) is 11.1. The van der Waals surface area contributed by atoms with E-state index in [1.807, 2.05) is 0 Å². The number of nitrogens with one attached hydrogen (secondary N) is 1.